The molecule has 3 aromatic rings. The Kier molecular flexibility index (Phi) is 47.1. The molecule has 150 heavy (non-hydrogen) atoms. The number of rotatable bonds is 65. The largest absolute Gasteiger partial charge is 0.388 e. The number of aliphatic hydroxyl groups is 5. The Morgan fingerprint density at radius 3 is 0.500 bits per heavy atom. The van der Waals surface area contributed by atoms with Crippen LogP contribution in [0.5, 0.6) is 0 Å². The number of hydrogen-bond acceptors (Lipinski definition) is 33. The van der Waals surface area contributed by atoms with Crippen molar-refractivity contribution in [3.63, 3.8) is 0 Å². The average Bonchev–Trinajstić information content (AvgIpc) is 0.725. The molecule has 33 heteroatoms. The molecule has 5 saturated heterocycles. The molecule has 8 heterocycles. The smallest absolute Gasteiger partial charge is 0.233 e. The summed E-state index contributed by atoms with van der Waals surface area (Å²) >= 11 is 0. The van der Waals surface area contributed by atoms with Gasteiger partial charge in [0.25, 0.3) is 0 Å². The van der Waals surface area contributed by atoms with Crippen LogP contribution in [0.1, 0.15) is 475 Å². The van der Waals surface area contributed by atoms with Crippen LogP contribution in [0.2, 0.25) is 0 Å². The second-order valence-electron chi connectivity index (χ2n) is 55.2. The molecule has 0 spiro atoms. The molecule has 0 bridgehead atoms. The molecule has 0 unspecified atom stereocenters. The van der Waals surface area contributed by atoms with Crippen LogP contribution in [0.15, 0.2) is 0 Å². The summed E-state index contributed by atoms with van der Waals surface area (Å²) in [6.07, 6.45) is 27.9. The van der Waals surface area contributed by atoms with Gasteiger partial charge in [-0.1, -0.05) is 133 Å². The zero-order chi connectivity index (χ0) is 112. The zero-order valence-corrected chi connectivity index (χ0v) is 103. The molecule has 3 aromatic heterocycles. The predicted molar refractivity (Wildman–Crippen MR) is 619 cm³/mol. The first-order valence-electron chi connectivity index (χ1n) is 59.4. The SMILES string of the molecule is CCCCN(CCCC)c1nc(N(CCCC)CCCC)nc(N(CCCCCCN(c2nc(N(CCCC)C3CC(C)(C)N(OCC(C)(C)O)C(C)(C)C3)nc(N(CN(c3nc(N(CCCC)CCCC)nc(N(CCCC)CCCC)n3)C3CC(C)(C)N(OCC(C)(C)O)C(C)(C)C3)C3CC(C)(C)N(OCC(C)(C)O)C(C)(C)C3)n2)C2CC(C)(C)N(OCC(C)(C)O)C(C)(C)C2)C2CC(C)(C)N(OCC(C)(C)O)C(C)(C)C2)n1. The van der Waals surface area contributed by atoms with Crippen molar-refractivity contribution in [2.24, 2.45) is 0 Å². The summed E-state index contributed by atoms with van der Waals surface area (Å²) in [7, 11) is 0. The maximum atomic E-state index is 11.7. The Morgan fingerprint density at radius 1 is 0.207 bits per heavy atom. The van der Waals surface area contributed by atoms with Crippen molar-refractivity contribution in [3.05, 3.63) is 0 Å². The zero-order valence-electron chi connectivity index (χ0n) is 103. The molecule has 5 aliphatic heterocycles. The molecule has 5 fully saturated rings. The lowest BCUT2D eigenvalue weighted by Gasteiger charge is -2.58. The van der Waals surface area contributed by atoms with Crippen molar-refractivity contribution in [3.8, 4) is 0 Å². The summed E-state index contributed by atoms with van der Waals surface area (Å²) < 4.78 is 0. The van der Waals surface area contributed by atoms with E-state index in [1.54, 1.807) is 0 Å². The molecule has 868 valence electrons. The van der Waals surface area contributed by atoms with Gasteiger partial charge < -0.3 is 69.6 Å². The summed E-state index contributed by atoms with van der Waals surface area (Å²) in [5.41, 5.74) is -11.3. The summed E-state index contributed by atoms with van der Waals surface area (Å²) in [6.45, 7) is 93.7. The fourth-order valence-corrected chi connectivity index (χ4v) is 24.7. The maximum absolute atomic E-state index is 11.7. The lowest BCUT2D eigenvalue weighted by Crippen LogP contribution is -2.67. The van der Waals surface area contributed by atoms with Gasteiger partial charge in [0, 0.05) is 158 Å². The number of hydroxylamine groups is 10. The third-order valence-corrected chi connectivity index (χ3v) is 30.9. The van der Waals surface area contributed by atoms with Crippen LogP contribution in [0.4, 0.5) is 53.5 Å². The number of unbranched alkanes of at least 4 members (excludes halogenated alkanes) is 12. The first-order valence-corrected chi connectivity index (χ1v) is 59.4. The van der Waals surface area contributed by atoms with Crippen molar-refractivity contribution in [1.29, 1.82) is 0 Å². The molecular weight excluding hydrogens is 1890 g/mol. The van der Waals surface area contributed by atoms with Gasteiger partial charge in [-0.3, -0.25) is 24.2 Å². The third kappa shape index (κ3) is 37.7. The molecule has 0 saturated carbocycles. The lowest BCUT2D eigenvalue weighted by molar-refractivity contribution is -0.298. The van der Waals surface area contributed by atoms with Crippen molar-refractivity contribution in [1.82, 2.24) is 70.2 Å². The topological polar surface area (TPSA) is 309 Å². The van der Waals surface area contributed by atoms with E-state index in [4.69, 9.17) is 69.0 Å². The van der Waals surface area contributed by atoms with Crippen molar-refractivity contribution < 1.29 is 49.7 Å². The van der Waals surface area contributed by atoms with Crippen molar-refractivity contribution >= 4 is 53.5 Å². The van der Waals surface area contributed by atoms with E-state index in [9.17, 15) is 25.5 Å². The van der Waals surface area contributed by atoms with E-state index in [1.807, 2.05) is 69.2 Å². The van der Waals surface area contributed by atoms with Crippen LogP contribution in [-0.4, -0.2) is 321 Å². The Balaban J connectivity index is 1.49. The molecule has 0 amide bonds. The summed E-state index contributed by atoms with van der Waals surface area (Å²) in [5.74, 6) is 5.89. The normalized spacial score (nSPS) is 20.2. The maximum Gasteiger partial charge on any atom is 0.233 e. The summed E-state index contributed by atoms with van der Waals surface area (Å²) in [5, 5.41) is 68.3. The second-order valence-corrected chi connectivity index (χ2v) is 55.2. The van der Waals surface area contributed by atoms with E-state index in [0.717, 1.165) is 224 Å². The molecule has 0 atom stereocenters. The van der Waals surface area contributed by atoms with Crippen molar-refractivity contribution in [2.45, 2.75) is 589 Å². The first kappa shape index (κ1) is 130. The number of hydrogen-bond donors (Lipinski definition) is 5. The fourth-order valence-electron chi connectivity index (χ4n) is 24.7. The summed E-state index contributed by atoms with van der Waals surface area (Å²) in [4.78, 5) is 111. The second kappa shape index (κ2) is 54.5. The molecule has 0 aromatic carbocycles. The highest BCUT2D eigenvalue weighted by Crippen LogP contribution is 2.51. The fraction of sp³-hybridized carbons (Fsp3) is 0.923. The van der Waals surface area contributed by atoms with E-state index < -0.39 is 83.4 Å². The highest BCUT2D eigenvalue weighted by Gasteiger charge is 2.57. The van der Waals surface area contributed by atoms with Crippen LogP contribution in [-0.2, 0) is 24.2 Å². The minimum absolute atomic E-state index is 0.000780. The first-order chi connectivity index (χ1) is 69.5. The molecule has 0 radical (unpaired) electrons. The van der Waals surface area contributed by atoms with Gasteiger partial charge in [-0.2, -0.15) is 70.2 Å². The van der Waals surface area contributed by atoms with Gasteiger partial charge >= 0.3 is 0 Å². The van der Waals surface area contributed by atoms with Gasteiger partial charge in [0.2, 0.25) is 53.5 Å². The number of aromatic nitrogens is 9. The van der Waals surface area contributed by atoms with Crippen molar-refractivity contribution in [2.75, 3.05) is 156 Å². The Labute approximate surface area is 913 Å². The minimum Gasteiger partial charge on any atom is -0.388 e. The van der Waals surface area contributed by atoms with Gasteiger partial charge in [-0.15, -0.1) is 0 Å². The lowest BCUT2D eigenvalue weighted by atomic mass is 9.77. The third-order valence-electron chi connectivity index (χ3n) is 30.9. The molecule has 5 N–H and O–H groups in total. The quantitative estimate of drug-likeness (QED) is 0.0259. The molecule has 8 rings (SSSR count). The van der Waals surface area contributed by atoms with E-state index in [0.29, 0.717) is 107 Å². The average molecular weight is 2110 g/mol. The van der Waals surface area contributed by atoms with Crippen LogP contribution < -0.4 is 44.1 Å². The van der Waals surface area contributed by atoms with E-state index in [-0.39, 0.29) is 69.9 Å². The van der Waals surface area contributed by atoms with Crippen LogP contribution in [0.3, 0.4) is 0 Å². The minimum atomic E-state index is -1.13. The Bertz CT molecular complexity index is 4270. The van der Waals surface area contributed by atoms with Crippen LogP contribution in [0, 0.1) is 0 Å². The Morgan fingerprint density at radius 2 is 0.340 bits per heavy atom. The van der Waals surface area contributed by atoms with Gasteiger partial charge in [0.1, 0.15) is 0 Å². The molecule has 5 aliphatic rings. The highest BCUT2D eigenvalue weighted by atomic mass is 16.7. The van der Waals surface area contributed by atoms with Crippen LogP contribution in [0.25, 0.3) is 0 Å². The van der Waals surface area contributed by atoms with E-state index in [1.165, 1.54) is 0 Å². The van der Waals surface area contributed by atoms with Gasteiger partial charge in [-0.05, 0) is 343 Å². The van der Waals surface area contributed by atoms with Gasteiger partial charge in [0.05, 0.1) is 67.7 Å². The number of piperidine rings is 5. The van der Waals surface area contributed by atoms with E-state index >= 15 is 0 Å². The molecular formula is C117H225N23O10. The van der Waals surface area contributed by atoms with E-state index in [2.05, 4.69) is 270 Å². The molecule has 33 nitrogen and oxygen atoms in total. The standard InChI is InChI=1S/C117H225N23O10/c1-40-49-62-127(63-50-41-2)94-118-95(128(64-51-42-3)65-52-43-4)121-98(120-94)132(90-75-105(14,15)137(106(16,17)76-90)147-84-114(32,33)142)71-60-58-59-61-72-133(91-77-107(18,19)138(108(20,21)78-91)148-85-115(34,35)143)100-124-99(131(70-57-48-9)89-73-103(10,11)136(104(12,13)74-89)146-83-113(30,31)141)125-102(126-100)135(93-81-111(26,27)140(112(28,29)82-93)150-87-117(38,39)145)88-134(92-79-109(22,23)139(110(24,25)80-92)149-86-116(36,37)144)101-122-96(129(66-53-44-5)67-54-45-6)119-97(123-101)130(68-55-46-7)69-56-47-8/h89-93,141-145H,40-88H2,1-39H3. The number of anilines is 9. The molecule has 0 aliphatic carbocycles. The van der Waals surface area contributed by atoms with Gasteiger partial charge in [-0.25, -0.2) is 0 Å². The van der Waals surface area contributed by atoms with Crippen LogP contribution >= 0.6 is 0 Å². The summed E-state index contributed by atoms with van der Waals surface area (Å²) in [6, 6.07) is -0.868. The van der Waals surface area contributed by atoms with Gasteiger partial charge in [0.15, 0.2) is 0 Å². The Hall–Kier alpha value is -5.37. The highest BCUT2D eigenvalue weighted by molar-refractivity contribution is 5.54. The number of nitrogens with zero attached hydrogens (tertiary/aromatic N) is 23. The predicted octanol–water partition coefficient (Wildman–Crippen LogP) is 22.2. The monoisotopic (exact) mass is 2110 g/mol.